The summed E-state index contributed by atoms with van der Waals surface area (Å²) in [6, 6.07) is 1.31. The number of nitrogens with zero attached hydrogens (tertiary/aromatic N) is 3. The first-order chi connectivity index (χ1) is 8.19. The highest BCUT2D eigenvalue weighted by atomic mass is 15.3. The lowest BCUT2D eigenvalue weighted by Crippen LogP contribution is -2.57. The van der Waals surface area contributed by atoms with E-state index in [1.54, 1.807) is 0 Å². The zero-order chi connectivity index (χ0) is 11.6. The third-order valence-corrected chi connectivity index (χ3v) is 4.95. The van der Waals surface area contributed by atoms with Gasteiger partial charge in [0.1, 0.15) is 5.82 Å². The summed E-state index contributed by atoms with van der Waals surface area (Å²) in [5.41, 5.74) is 1.66. The number of hydrogen-bond acceptors (Lipinski definition) is 4. The fourth-order valence-corrected chi connectivity index (χ4v) is 4.13. The second-order valence-electron chi connectivity index (χ2n) is 6.02. The van der Waals surface area contributed by atoms with E-state index in [0.29, 0.717) is 11.5 Å². The molecule has 2 heterocycles. The molecule has 4 atom stereocenters. The molecule has 4 nitrogen and oxygen atoms in total. The first-order valence-corrected chi connectivity index (χ1v) is 6.44. The van der Waals surface area contributed by atoms with Crippen molar-refractivity contribution in [2.24, 2.45) is 11.3 Å². The average Bonchev–Trinajstić information content (AvgIpc) is 2.91. The van der Waals surface area contributed by atoms with Crippen LogP contribution in [0.15, 0.2) is 12.4 Å². The molecular formula is C13H18N4. The first kappa shape index (κ1) is 9.83. The Balaban J connectivity index is 1.49. The van der Waals surface area contributed by atoms with Gasteiger partial charge in [-0.15, -0.1) is 0 Å². The molecule has 0 bridgehead atoms. The minimum Gasteiger partial charge on any atom is -0.364 e. The number of aryl methyl sites for hydroxylation is 1. The van der Waals surface area contributed by atoms with Gasteiger partial charge < -0.3 is 10.2 Å². The van der Waals surface area contributed by atoms with Gasteiger partial charge in [0, 0.05) is 18.6 Å². The van der Waals surface area contributed by atoms with E-state index in [-0.39, 0.29) is 0 Å². The van der Waals surface area contributed by atoms with Crippen molar-refractivity contribution in [3.8, 4) is 0 Å². The van der Waals surface area contributed by atoms with Gasteiger partial charge in [-0.05, 0) is 38.1 Å². The van der Waals surface area contributed by atoms with Crippen molar-refractivity contribution in [3.63, 3.8) is 0 Å². The zero-order valence-electron chi connectivity index (χ0n) is 10.3. The largest absolute Gasteiger partial charge is 0.364 e. The van der Waals surface area contributed by atoms with Gasteiger partial charge >= 0.3 is 0 Å². The van der Waals surface area contributed by atoms with Gasteiger partial charge in [0.15, 0.2) is 0 Å². The van der Waals surface area contributed by atoms with Crippen molar-refractivity contribution in [1.82, 2.24) is 14.9 Å². The molecule has 3 aliphatic rings. The van der Waals surface area contributed by atoms with Crippen LogP contribution < -0.4 is 5.32 Å². The summed E-state index contributed by atoms with van der Waals surface area (Å²) >= 11 is 0. The predicted molar refractivity (Wildman–Crippen MR) is 65.8 cm³/mol. The number of piperidine rings is 1. The number of rotatable bonds is 2. The third kappa shape index (κ3) is 1.22. The Hall–Kier alpha value is -1.16. The molecule has 0 amide bonds. The number of nitrogens with one attached hydrogen (secondary N) is 1. The van der Waals surface area contributed by atoms with Crippen LogP contribution in [-0.2, 0) is 0 Å². The van der Waals surface area contributed by atoms with Gasteiger partial charge in [0.05, 0.1) is 18.1 Å². The first-order valence-electron chi connectivity index (χ1n) is 6.44. The van der Waals surface area contributed by atoms with Gasteiger partial charge in [0.25, 0.3) is 0 Å². The SMILES string of the molecule is Cc1cnc(NC2CC34CC3CN(C)C24)cn1. The smallest absolute Gasteiger partial charge is 0.144 e. The maximum atomic E-state index is 4.38. The molecule has 17 heavy (non-hydrogen) atoms. The number of likely N-dealkylation sites (tertiary alicyclic amines) is 1. The highest BCUT2D eigenvalue weighted by Crippen LogP contribution is 2.71. The van der Waals surface area contributed by atoms with Gasteiger partial charge in [-0.25, -0.2) is 4.98 Å². The molecule has 1 N–H and O–H groups in total. The Bertz CT molecular complexity index is 457. The summed E-state index contributed by atoms with van der Waals surface area (Å²) in [4.78, 5) is 11.2. The van der Waals surface area contributed by atoms with Crippen molar-refractivity contribution >= 4 is 5.82 Å². The second kappa shape index (κ2) is 2.99. The van der Waals surface area contributed by atoms with Crippen molar-refractivity contribution in [2.45, 2.75) is 31.8 Å². The molecule has 90 valence electrons. The molecule has 2 aliphatic carbocycles. The summed E-state index contributed by atoms with van der Waals surface area (Å²) in [5.74, 6) is 1.91. The topological polar surface area (TPSA) is 41.1 Å². The summed E-state index contributed by atoms with van der Waals surface area (Å²) in [7, 11) is 2.26. The molecule has 1 aliphatic heterocycles. The normalized spacial score (nSPS) is 42.6. The molecule has 1 spiro atoms. The summed E-state index contributed by atoms with van der Waals surface area (Å²) in [5, 5.41) is 3.54. The van der Waals surface area contributed by atoms with E-state index in [0.717, 1.165) is 23.5 Å². The van der Waals surface area contributed by atoms with Gasteiger partial charge in [0.2, 0.25) is 0 Å². The number of aromatic nitrogens is 2. The van der Waals surface area contributed by atoms with Crippen molar-refractivity contribution in [3.05, 3.63) is 18.1 Å². The van der Waals surface area contributed by atoms with Crippen LogP contribution in [0.25, 0.3) is 0 Å². The number of likely N-dealkylation sites (N-methyl/N-ethyl adjacent to an activating group) is 1. The minimum absolute atomic E-state index is 0.574. The zero-order valence-corrected chi connectivity index (χ0v) is 10.3. The molecule has 3 fully saturated rings. The number of anilines is 1. The van der Waals surface area contributed by atoms with Crippen LogP contribution in [0.1, 0.15) is 18.5 Å². The van der Waals surface area contributed by atoms with E-state index in [4.69, 9.17) is 0 Å². The van der Waals surface area contributed by atoms with Crippen LogP contribution in [0.4, 0.5) is 5.82 Å². The van der Waals surface area contributed by atoms with E-state index < -0.39 is 0 Å². The Kier molecular flexibility index (Phi) is 1.73. The number of hydrogen-bond donors (Lipinski definition) is 1. The molecule has 4 rings (SSSR count). The van der Waals surface area contributed by atoms with E-state index in [2.05, 4.69) is 27.2 Å². The molecule has 0 radical (unpaired) electrons. The van der Waals surface area contributed by atoms with Crippen LogP contribution >= 0.6 is 0 Å². The van der Waals surface area contributed by atoms with Crippen LogP contribution in [-0.4, -0.2) is 40.5 Å². The average molecular weight is 230 g/mol. The van der Waals surface area contributed by atoms with E-state index in [9.17, 15) is 0 Å². The Morgan fingerprint density at radius 3 is 2.94 bits per heavy atom. The molecule has 2 saturated carbocycles. The summed E-state index contributed by atoms with van der Waals surface area (Å²) < 4.78 is 0. The van der Waals surface area contributed by atoms with Gasteiger partial charge in [-0.3, -0.25) is 4.98 Å². The molecule has 1 aromatic heterocycles. The van der Waals surface area contributed by atoms with Crippen LogP contribution in [0, 0.1) is 18.3 Å². The van der Waals surface area contributed by atoms with E-state index >= 15 is 0 Å². The fourth-order valence-electron chi connectivity index (χ4n) is 4.13. The fraction of sp³-hybridized carbons (Fsp3) is 0.692. The molecule has 1 aromatic rings. The second-order valence-corrected chi connectivity index (χ2v) is 6.02. The monoisotopic (exact) mass is 230 g/mol. The van der Waals surface area contributed by atoms with Crippen molar-refractivity contribution in [2.75, 3.05) is 18.9 Å². The molecule has 1 saturated heterocycles. The highest BCUT2D eigenvalue weighted by Gasteiger charge is 2.73. The van der Waals surface area contributed by atoms with Gasteiger partial charge in [-0.2, -0.15) is 0 Å². The molecule has 0 aromatic carbocycles. The molecular weight excluding hydrogens is 212 g/mol. The van der Waals surface area contributed by atoms with Crippen molar-refractivity contribution < 1.29 is 0 Å². The van der Waals surface area contributed by atoms with E-state index in [1.165, 1.54) is 19.4 Å². The molecule has 4 unspecified atom stereocenters. The maximum absolute atomic E-state index is 4.38. The van der Waals surface area contributed by atoms with E-state index in [1.807, 2.05) is 19.3 Å². The third-order valence-electron chi connectivity index (χ3n) is 4.95. The lowest BCUT2D eigenvalue weighted by Gasteiger charge is -2.47. The van der Waals surface area contributed by atoms with Gasteiger partial charge in [-0.1, -0.05) is 0 Å². The summed E-state index contributed by atoms with van der Waals surface area (Å²) in [6.45, 7) is 3.26. The minimum atomic E-state index is 0.574. The van der Waals surface area contributed by atoms with Crippen LogP contribution in [0.3, 0.4) is 0 Å². The Morgan fingerprint density at radius 1 is 1.35 bits per heavy atom. The highest BCUT2D eigenvalue weighted by molar-refractivity contribution is 5.39. The Labute approximate surface area is 101 Å². The standard InChI is InChI=1S/C13H18N4/c1-8-5-15-11(6-14-8)16-10-4-13-3-9(13)7-17(2)12(10)13/h5-6,9-10,12H,3-4,7H2,1-2H3,(H,15,16). The summed E-state index contributed by atoms with van der Waals surface area (Å²) in [6.07, 6.45) is 6.46. The van der Waals surface area contributed by atoms with Crippen LogP contribution in [0.2, 0.25) is 0 Å². The lowest BCUT2D eigenvalue weighted by molar-refractivity contribution is 0.0978. The lowest BCUT2D eigenvalue weighted by atomic mass is 9.71. The van der Waals surface area contributed by atoms with Crippen LogP contribution in [0.5, 0.6) is 0 Å². The molecule has 4 heteroatoms. The quantitative estimate of drug-likeness (QED) is 0.831. The Morgan fingerprint density at radius 2 is 2.24 bits per heavy atom. The maximum Gasteiger partial charge on any atom is 0.144 e. The van der Waals surface area contributed by atoms with Crippen molar-refractivity contribution in [1.29, 1.82) is 0 Å². The predicted octanol–water partition coefficient (Wildman–Crippen LogP) is 1.29.